The minimum absolute atomic E-state index is 0.645. The molecule has 1 aromatic heterocycles. The van der Waals surface area contributed by atoms with Crippen molar-refractivity contribution in [1.82, 2.24) is 4.98 Å². The Morgan fingerprint density at radius 3 is 2.05 bits per heavy atom. The van der Waals surface area contributed by atoms with Gasteiger partial charge in [-0.05, 0) is 55.0 Å². The van der Waals surface area contributed by atoms with E-state index in [9.17, 15) is 0 Å². The van der Waals surface area contributed by atoms with Crippen LogP contribution in [0.4, 0.5) is 28.6 Å². The summed E-state index contributed by atoms with van der Waals surface area (Å²) in [6.45, 7) is 1.97. The van der Waals surface area contributed by atoms with Crippen LogP contribution in [0.15, 0.2) is 66.9 Å². The Balaban J connectivity index is 1.71. The Kier molecular flexibility index (Phi) is 3.92. The summed E-state index contributed by atoms with van der Waals surface area (Å²) in [4.78, 5) is 4.31. The summed E-state index contributed by atoms with van der Waals surface area (Å²) in [6, 6.07) is 20.0. The Morgan fingerprint density at radius 1 is 0.818 bits per heavy atom. The standard InChI is InChI=1S/C18H18N4/c1-13-11-17(19)18(20-12-13)22-16-9-7-15(8-10-16)21-14-5-3-2-4-6-14/h2-12,21H,19H2,1H3,(H,20,22). The van der Waals surface area contributed by atoms with Crippen molar-refractivity contribution < 1.29 is 0 Å². The summed E-state index contributed by atoms with van der Waals surface area (Å²) in [5, 5.41) is 6.57. The molecule has 110 valence electrons. The molecule has 0 atom stereocenters. The van der Waals surface area contributed by atoms with E-state index in [-0.39, 0.29) is 0 Å². The zero-order valence-corrected chi connectivity index (χ0v) is 12.4. The van der Waals surface area contributed by atoms with E-state index in [1.165, 1.54) is 0 Å². The van der Waals surface area contributed by atoms with Crippen molar-refractivity contribution in [1.29, 1.82) is 0 Å². The van der Waals surface area contributed by atoms with Crippen LogP contribution in [0.25, 0.3) is 0 Å². The molecule has 2 aromatic carbocycles. The van der Waals surface area contributed by atoms with Gasteiger partial charge in [0.25, 0.3) is 0 Å². The van der Waals surface area contributed by atoms with Gasteiger partial charge >= 0.3 is 0 Å². The molecule has 1 heterocycles. The largest absolute Gasteiger partial charge is 0.396 e. The van der Waals surface area contributed by atoms with Gasteiger partial charge in [-0.1, -0.05) is 18.2 Å². The van der Waals surface area contributed by atoms with Crippen LogP contribution in [0.3, 0.4) is 0 Å². The normalized spacial score (nSPS) is 10.2. The van der Waals surface area contributed by atoms with Crippen LogP contribution in [0.5, 0.6) is 0 Å². The van der Waals surface area contributed by atoms with Gasteiger partial charge in [-0.15, -0.1) is 0 Å². The van der Waals surface area contributed by atoms with Gasteiger partial charge in [-0.3, -0.25) is 0 Å². The molecule has 0 radical (unpaired) electrons. The van der Waals surface area contributed by atoms with E-state index in [1.54, 1.807) is 6.20 Å². The molecule has 3 aromatic rings. The van der Waals surface area contributed by atoms with E-state index < -0.39 is 0 Å². The molecule has 0 saturated carbocycles. The third kappa shape index (κ3) is 3.35. The number of pyridine rings is 1. The lowest BCUT2D eigenvalue weighted by Crippen LogP contribution is -1.99. The third-order valence-corrected chi connectivity index (χ3v) is 3.26. The number of aromatic nitrogens is 1. The summed E-state index contributed by atoms with van der Waals surface area (Å²) in [5.74, 6) is 0.675. The number of hydrogen-bond donors (Lipinski definition) is 3. The van der Waals surface area contributed by atoms with Gasteiger partial charge in [0.15, 0.2) is 5.82 Å². The van der Waals surface area contributed by atoms with Gasteiger partial charge in [0.1, 0.15) is 0 Å². The molecule has 0 aliphatic carbocycles. The molecular formula is C18H18N4. The number of rotatable bonds is 4. The van der Waals surface area contributed by atoms with Crippen LogP contribution in [0.1, 0.15) is 5.56 Å². The van der Waals surface area contributed by atoms with E-state index in [1.807, 2.05) is 67.6 Å². The first kappa shape index (κ1) is 13.9. The van der Waals surface area contributed by atoms with E-state index in [2.05, 4.69) is 15.6 Å². The van der Waals surface area contributed by atoms with Crippen LogP contribution in [0, 0.1) is 6.92 Å². The van der Waals surface area contributed by atoms with E-state index in [0.717, 1.165) is 22.6 Å². The van der Waals surface area contributed by atoms with Gasteiger partial charge < -0.3 is 16.4 Å². The molecule has 0 aliphatic rings. The first-order chi connectivity index (χ1) is 10.7. The Bertz CT molecular complexity index is 752. The monoisotopic (exact) mass is 290 g/mol. The summed E-state index contributed by atoms with van der Waals surface area (Å²) < 4.78 is 0. The van der Waals surface area contributed by atoms with Gasteiger partial charge in [0, 0.05) is 23.3 Å². The number of nitrogens with zero attached hydrogens (tertiary/aromatic N) is 1. The SMILES string of the molecule is Cc1cnc(Nc2ccc(Nc3ccccc3)cc2)c(N)c1. The van der Waals surface area contributed by atoms with Crippen molar-refractivity contribution in [2.75, 3.05) is 16.4 Å². The molecular weight excluding hydrogens is 272 g/mol. The summed E-state index contributed by atoms with van der Waals surface area (Å²) in [6.07, 6.45) is 1.80. The Morgan fingerprint density at radius 2 is 1.41 bits per heavy atom. The van der Waals surface area contributed by atoms with Crippen molar-refractivity contribution in [3.8, 4) is 0 Å². The molecule has 0 amide bonds. The fourth-order valence-electron chi connectivity index (χ4n) is 2.16. The van der Waals surface area contributed by atoms with Crippen LogP contribution in [0.2, 0.25) is 0 Å². The predicted molar refractivity (Wildman–Crippen MR) is 92.8 cm³/mol. The Labute approximate surface area is 130 Å². The minimum Gasteiger partial charge on any atom is -0.396 e. The van der Waals surface area contributed by atoms with Crippen molar-refractivity contribution in [3.05, 3.63) is 72.4 Å². The van der Waals surface area contributed by atoms with Crippen LogP contribution in [-0.2, 0) is 0 Å². The van der Waals surface area contributed by atoms with E-state index >= 15 is 0 Å². The number of nitrogen functional groups attached to an aromatic ring is 1. The average molecular weight is 290 g/mol. The number of anilines is 5. The fraction of sp³-hybridized carbons (Fsp3) is 0.0556. The molecule has 0 spiro atoms. The van der Waals surface area contributed by atoms with Crippen molar-refractivity contribution >= 4 is 28.6 Å². The van der Waals surface area contributed by atoms with Crippen LogP contribution >= 0.6 is 0 Å². The minimum atomic E-state index is 0.645. The maximum Gasteiger partial charge on any atom is 0.153 e. The van der Waals surface area contributed by atoms with Gasteiger partial charge in [-0.2, -0.15) is 0 Å². The Hall–Kier alpha value is -3.01. The van der Waals surface area contributed by atoms with Crippen LogP contribution in [-0.4, -0.2) is 4.98 Å². The number of nitrogens with two attached hydrogens (primary N) is 1. The highest BCUT2D eigenvalue weighted by Crippen LogP contribution is 2.23. The molecule has 0 aliphatic heterocycles. The molecule has 22 heavy (non-hydrogen) atoms. The molecule has 0 unspecified atom stereocenters. The van der Waals surface area contributed by atoms with Crippen molar-refractivity contribution in [3.63, 3.8) is 0 Å². The first-order valence-electron chi connectivity index (χ1n) is 7.12. The van der Waals surface area contributed by atoms with Gasteiger partial charge in [0.2, 0.25) is 0 Å². The molecule has 0 bridgehead atoms. The highest BCUT2D eigenvalue weighted by Gasteiger charge is 2.02. The van der Waals surface area contributed by atoms with Crippen molar-refractivity contribution in [2.45, 2.75) is 6.92 Å². The topological polar surface area (TPSA) is 63.0 Å². The third-order valence-electron chi connectivity index (χ3n) is 3.26. The lowest BCUT2D eigenvalue weighted by Gasteiger charge is -2.10. The van der Waals surface area contributed by atoms with E-state index in [0.29, 0.717) is 11.5 Å². The number of nitrogens with one attached hydrogen (secondary N) is 2. The molecule has 0 fully saturated rings. The summed E-state index contributed by atoms with van der Waals surface area (Å²) >= 11 is 0. The van der Waals surface area contributed by atoms with Crippen LogP contribution < -0.4 is 16.4 Å². The second-order valence-corrected chi connectivity index (χ2v) is 5.14. The maximum atomic E-state index is 5.96. The first-order valence-corrected chi connectivity index (χ1v) is 7.12. The predicted octanol–water partition coefficient (Wildman–Crippen LogP) is 4.46. The number of hydrogen-bond acceptors (Lipinski definition) is 4. The second-order valence-electron chi connectivity index (χ2n) is 5.14. The average Bonchev–Trinajstić information content (AvgIpc) is 2.53. The summed E-state index contributed by atoms with van der Waals surface area (Å²) in [5.41, 5.74) is 10.7. The molecule has 3 rings (SSSR count). The molecule has 4 N–H and O–H groups in total. The number of para-hydroxylation sites is 1. The number of benzene rings is 2. The zero-order chi connectivity index (χ0) is 15.4. The van der Waals surface area contributed by atoms with Gasteiger partial charge in [0.05, 0.1) is 5.69 Å². The lowest BCUT2D eigenvalue weighted by molar-refractivity contribution is 1.26. The quantitative estimate of drug-likeness (QED) is 0.664. The summed E-state index contributed by atoms with van der Waals surface area (Å²) in [7, 11) is 0. The van der Waals surface area contributed by atoms with Crippen molar-refractivity contribution in [2.24, 2.45) is 0 Å². The fourth-order valence-corrected chi connectivity index (χ4v) is 2.16. The lowest BCUT2D eigenvalue weighted by atomic mass is 10.2. The highest BCUT2D eigenvalue weighted by atomic mass is 15.0. The molecule has 4 heteroatoms. The molecule has 4 nitrogen and oxygen atoms in total. The van der Waals surface area contributed by atoms with Gasteiger partial charge in [-0.25, -0.2) is 4.98 Å². The number of aryl methyl sites for hydroxylation is 1. The smallest absolute Gasteiger partial charge is 0.153 e. The molecule has 0 saturated heterocycles. The second kappa shape index (κ2) is 6.18. The zero-order valence-electron chi connectivity index (χ0n) is 12.4. The highest BCUT2D eigenvalue weighted by molar-refractivity contribution is 5.70. The maximum absolute atomic E-state index is 5.96. The van der Waals surface area contributed by atoms with E-state index in [4.69, 9.17) is 5.73 Å².